The van der Waals surface area contributed by atoms with E-state index in [0.29, 0.717) is 6.42 Å². The summed E-state index contributed by atoms with van der Waals surface area (Å²) < 4.78 is 0. The predicted molar refractivity (Wildman–Crippen MR) is 55.3 cm³/mol. The average Bonchev–Trinajstić information content (AvgIpc) is 2.03. The highest BCUT2D eigenvalue weighted by Crippen LogP contribution is 2.23. The van der Waals surface area contributed by atoms with Crippen molar-refractivity contribution in [3.63, 3.8) is 0 Å². The molecule has 1 aromatic carbocycles. The Morgan fingerprint density at radius 2 is 2.15 bits per heavy atom. The summed E-state index contributed by atoms with van der Waals surface area (Å²) in [5.74, 6) is 0.259. The van der Waals surface area contributed by atoms with Crippen molar-refractivity contribution >= 4 is 17.9 Å². The van der Waals surface area contributed by atoms with Gasteiger partial charge in [0.25, 0.3) is 0 Å². The summed E-state index contributed by atoms with van der Waals surface area (Å²) in [4.78, 5) is 10.3. The molecule has 0 spiro atoms. The maximum atomic E-state index is 10.3. The van der Waals surface area contributed by atoms with E-state index in [2.05, 4.69) is 6.07 Å². The average molecular weight is 197 g/mol. The van der Waals surface area contributed by atoms with Gasteiger partial charge < -0.3 is 4.79 Å². The van der Waals surface area contributed by atoms with Crippen molar-refractivity contribution in [1.29, 1.82) is 0 Å². The SMILES string of the molecule is Cc1cc(Cl)cc(C(C)CC=O)c1. The Balaban J connectivity index is 2.93. The van der Waals surface area contributed by atoms with Gasteiger partial charge in [-0.05, 0) is 36.1 Å². The number of hydrogen-bond acceptors (Lipinski definition) is 1. The molecule has 13 heavy (non-hydrogen) atoms. The third kappa shape index (κ3) is 2.85. The van der Waals surface area contributed by atoms with Crippen LogP contribution in [0.3, 0.4) is 0 Å². The predicted octanol–water partition coefficient (Wildman–Crippen LogP) is 3.34. The highest BCUT2D eigenvalue weighted by atomic mass is 35.5. The first-order chi connectivity index (χ1) is 6.13. The van der Waals surface area contributed by atoms with E-state index in [4.69, 9.17) is 11.6 Å². The second-order valence-electron chi connectivity index (χ2n) is 3.37. The summed E-state index contributed by atoms with van der Waals surface area (Å²) in [7, 11) is 0. The maximum Gasteiger partial charge on any atom is 0.120 e. The number of aryl methyl sites for hydroxylation is 1. The molecule has 0 saturated carbocycles. The number of carbonyl (C=O) groups is 1. The molecule has 1 rings (SSSR count). The quantitative estimate of drug-likeness (QED) is 0.678. The maximum absolute atomic E-state index is 10.3. The molecule has 0 aliphatic heterocycles. The lowest BCUT2D eigenvalue weighted by molar-refractivity contribution is -0.108. The molecule has 0 aliphatic rings. The summed E-state index contributed by atoms with van der Waals surface area (Å²) in [6, 6.07) is 5.90. The molecule has 2 heteroatoms. The second-order valence-corrected chi connectivity index (χ2v) is 3.80. The van der Waals surface area contributed by atoms with Gasteiger partial charge in [-0.3, -0.25) is 0 Å². The molecule has 1 nitrogen and oxygen atoms in total. The van der Waals surface area contributed by atoms with Crippen molar-refractivity contribution in [3.8, 4) is 0 Å². The zero-order valence-electron chi connectivity index (χ0n) is 7.88. The molecule has 0 N–H and O–H groups in total. The number of benzene rings is 1. The van der Waals surface area contributed by atoms with Crippen LogP contribution in [-0.4, -0.2) is 6.29 Å². The first kappa shape index (κ1) is 10.3. The Bertz CT molecular complexity index is 287. The number of carbonyl (C=O) groups excluding carboxylic acids is 1. The lowest BCUT2D eigenvalue weighted by Crippen LogP contribution is -1.94. The summed E-state index contributed by atoms with van der Waals surface area (Å²) in [6.07, 6.45) is 1.50. The molecular formula is C11H13ClO. The topological polar surface area (TPSA) is 17.1 Å². The Morgan fingerprint density at radius 1 is 1.46 bits per heavy atom. The van der Waals surface area contributed by atoms with Crippen LogP contribution in [0.5, 0.6) is 0 Å². The third-order valence-electron chi connectivity index (χ3n) is 2.08. The smallest absolute Gasteiger partial charge is 0.120 e. The van der Waals surface area contributed by atoms with Gasteiger partial charge in [0.2, 0.25) is 0 Å². The fraction of sp³-hybridized carbons (Fsp3) is 0.364. The van der Waals surface area contributed by atoms with Crippen molar-refractivity contribution in [3.05, 3.63) is 34.3 Å². The van der Waals surface area contributed by atoms with Gasteiger partial charge >= 0.3 is 0 Å². The molecule has 0 bridgehead atoms. The zero-order valence-corrected chi connectivity index (χ0v) is 8.64. The molecule has 1 unspecified atom stereocenters. The molecule has 0 aliphatic carbocycles. The minimum absolute atomic E-state index is 0.259. The van der Waals surface area contributed by atoms with Crippen LogP contribution in [0.25, 0.3) is 0 Å². The zero-order chi connectivity index (χ0) is 9.84. The van der Waals surface area contributed by atoms with Crippen molar-refractivity contribution < 1.29 is 4.79 Å². The minimum Gasteiger partial charge on any atom is -0.303 e. The lowest BCUT2D eigenvalue weighted by atomic mass is 9.97. The Labute approximate surface area is 83.7 Å². The van der Waals surface area contributed by atoms with E-state index in [0.717, 1.165) is 22.4 Å². The van der Waals surface area contributed by atoms with E-state index in [1.54, 1.807) is 0 Å². The van der Waals surface area contributed by atoms with Crippen LogP contribution in [0.4, 0.5) is 0 Å². The highest BCUT2D eigenvalue weighted by molar-refractivity contribution is 6.30. The van der Waals surface area contributed by atoms with Crippen molar-refractivity contribution in [1.82, 2.24) is 0 Å². The van der Waals surface area contributed by atoms with Gasteiger partial charge in [-0.15, -0.1) is 0 Å². The van der Waals surface area contributed by atoms with Gasteiger partial charge in [0.05, 0.1) is 0 Å². The Hall–Kier alpha value is -0.820. The van der Waals surface area contributed by atoms with Gasteiger partial charge in [-0.2, -0.15) is 0 Å². The molecule has 1 aromatic rings. The number of halogens is 1. The van der Waals surface area contributed by atoms with E-state index in [9.17, 15) is 4.79 Å². The standard InChI is InChI=1S/C11H13ClO/c1-8-5-10(7-11(12)6-8)9(2)3-4-13/h4-7,9H,3H2,1-2H3. The summed E-state index contributed by atoms with van der Waals surface area (Å²) >= 11 is 5.91. The highest BCUT2D eigenvalue weighted by Gasteiger charge is 2.05. The molecule has 70 valence electrons. The first-order valence-corrected chi connectivity index (χ1v) is 4.72. The second kappa shape index (κ2) is 4.43. The van der Waals surface area contributed by atoms with Crippen LogP contribution in [0.15, 0.2) is 18.2 Å². The third-order valence-corrected chi connectivity index (χ3v) is 2.30. The minimum atomic E-state index is 0.259. The molecule has 0 heterocycles. The van der Waals surface area contributed by atoms with E-state index in [-0.39, 0.29) is 5.92 Å². The molecule has 0 amide bonds. The Morgan fingerprint density at radius 3 is 2.69 bits per heavy atom. The number of rotatable bonds is 3. The molecule has 1 atom stereocenters. The fourth-order valence-electron chi connectivity index (χ4n) is 1.33. The van der Waals surface area contributed by atoms with Crippen molar-refractivity contribution in [2.45, 2.75) is 26.2 Å². The van der Waals surface area contributed by atoms with E-state index >= 15 is 0 Å². The number of aldehydes is 1. The van der Waals surface area contributed by atoms with Crippen LogP contribution >= 0.6 is 11.6 Å². The van der Waals surface area contributed by atoms with E-state index < -0.39 is 0 Å². The molecule has 0 saturated heterocycles. The summed E-state index contributed by atoms with van der Waals surface area (Å²) in [5, 5.41) is 0.743. The monoisotopic (exact) mass is 196 g/mol. The van der Waals surface area contributed by atoms with E-state index in [1.807, 2.05) is 26.0 Å². The summed E-state index contributed by atoms with van der Waals surface area (Å²) in [6.45, 7) is 4.03. The first-order valence-electron chi connectivity index (χ1n) is 4.34. The molecule has 0 fully saturated rings. The van der Waals surface area contributed by atoms with Crippen molar-refractivity contribution in [2.75, 3.05) is 0 Å². The van der Waals surface area contributed by atoms with Crippen LogP contribution < -0.4 is 0 Å². The molecule has 0 radical (unpaired) electrons. The van der Waals surface area contributed by atoms with Gasteiger partial charge in [0.15, 0.2) is 0 Å². The van der Waals surface area contributed by atoms with Gasteiger partial charge in [0, 0.05) is 11.4 Å². The molecule has 0 aromatic heterocycles. The van der Waals surface area contributed by atoms with E-state index in [1.165, 1.54) is 0 Å². The van der Waals surface area contributed by atoms with Crippen LogP contribution in [0.2, 0.25) is 5.02 Å². The Kier molecular flexibility index (Phi) is 3.49. The van der Waals surface area contributed by atoms with Gasteiger partial charge in [0.1, 0.15) is 6.29 Å². The molecular weight excluding hydrogens is 184 g/mol. The van der Waals surface area contributed by atoms with Crippen molar-refractivity contribution in [2.24, 2.45) is 0 Å². The van der Waals surface area contributed by atoms with Crippen LogP contribution in [0.1, 0.15) is 30.4 Å². The van der Waals surface area contributed by atoms with Crippen LogP contribution in [-0.2, 0) is 4.79 Å². The number of hydrogen-bond donors (Lipinski definition) is 0. The fourth-order valence-corrected chi connectivity index (χ4v) is 1.63. The largest absolute Gasteiger partial charge is 0.303 e. The lowest BCUT2D eigenvalue weighted by Gasteiger charge is -2.09. The van der Waals surface area contributed by atoms with Gasteiger partial charge in [-0.1, -0.05) is 24.6 Å². The normalized spacial score (nSPS) is 12.5. The van der Waals surface area contributed by atoms with Gasteiger partial charge in [-0.25, -0.2) is 0 Å². The summed E-state index contributed by atoms with van der Waals surface area (Å²) in [5.41, 5.74) is 2.28. The van der Waals surface area contributed by atoms with Crippen LogP contribution in [0, 0.1) is 6.92 Å².